The highest BCUT2D eigenvalue weighted by molar-refractivity contribution is 9.10. The summed E-state index contributed by atoms with van der Waals surface area (Å²) < 4.78 is 35.6. The van der Waals surface area contributed by atoms with Gasteiger partial charge in [0, 0.05) is 93.0 Å². The van der Waals surface area contributed by atoms with Crippen LogP contribution < -0.4 is 35.6 Å². The van der Waals surface area contributed by atoms with Gasteiger partial charge in [-0.05, 0) is 90.1 Å². The molecule has 0 spiro atoms. The number of imide groups is 1. The number of piperidine rings is 2. The molecule has 3 aromatic heterocycles. The quantitative estimate of drug-likeness (QED) is 0.0883. The van der Waals surface area contributed by atoms with Crippen LogP contribution in [0.2, 0.25) is 0 Å². The smallest absolute Gasteiger partial charge is 0.249 e. The summed E-state index contributed by atoms with van der Waals surface area (Å²) in [4.78, 5) is 61.8. The normalized spacial score (nSPS) is 17.2. The van der Waals surface area contributed by atoms with Crippen LogP contribution >= 0.6 is 15.9 Å². The minimum atomic E-state index is -3.68. The summed E-state index contributed by atoms with van der Waals surface area (Å²) in [5.41, 5.74) is 6.91. The third kappa shape index (κ3) is 10.6. The summed E-state index contributed by atoms with van der Waals surface area (Å²) in [5, 5.41) is 16.7. The van der Waals surface area contributed by atoms with E-state index >= 15 is 0 Å². The number of carbonyl (C=O) groups is 3. The van der Waals surface area contributed by atoms with E-state index in [4.69, 9.17) is 9.72 Å². The second-order valence-corrected chi connectivity index (χ2v) is 19.7. The number of aromatic nitrogens is 6. The van der Waals surface area contributed by atoms with Crippen molar-refractivity contribution in [3.8, 4) is 16.9 Å². The Morgan fingerprint density at radius 2 is 1.68 bits per heavy atom. The van der Waals surface area contributed by atoms with Crippen LogP contribution in [-0.2, 0) is 31.5 Å². The van der Waals surface area contributed by atoms with Crippen molar-refractivity contribution in [2.24, 2.45) is 7.05 Å². The average molecular weight is 1010 g/mol. The number of rotatable bonds is 14. The Labute approximate surface area is 401 Å². The maximum atomic E-state index is 13.7. The molecule has 22 heteroatoms. The Hall–Kier alpha value is -6.91. The van der Waals surface area contributed by atoms with E-state index in [0.717, 1.165) is 54.7 Å². The number of amides is 3. The molecule has 3 amide bonds. The monoisotopic (exact) mass is 1010 g/mol. The standard InChI is InChI=1S/C46H51BrN14O6S/c1-58-26-30(24-51-58)32-22-37(54-46-50-25-33(47)44(56-46)53-35-9-8-34-42(49-15-14-48-34)43(35)57-68(3,65)66)39(67-2)23-38(32)60-18-20-61(21-19-60)41(63)27-59-16-12-29(13-17-59)28-4-6-31(7-5-28)52-36-10-11-40(62)55-45(36)64/h4-9,14-15,22-26,29,36,52,57H,10-13,16-21,27H2,1-3H3,(H,55,62,64)(H2,50,53,54,56). The lowest BCUT2D eigenvalue weighted by atomic mass is 9.89. The van der Waals surface area contributed by atoms with Gasteiger partial charge in [-0.3, -0.25) is 44.0 Å². The van der Waals surface area contributed by atoms with E-state index in [-0.39, 0.29) is 29.4 Å². The van der Waals surface area contributed by atoms with E-state index in [1.165, 1.54) is 18.0 Å². The number of hydrogen-bond donors (Lipinski definition) is 5. The summed E-state index contributed by atoms with van der Waals surface area (Å²) in [6.45, 7) is 4.40. The Morgan fingerprint density at radius 1 is 0.912 bits per heavy atom. The van der Waals surface area contributed by atoms with Gasteiger partial charge >= 0.3 is 0 Å². The van der Waals surface area contributed by atoms with Gasteiger partial charge in [0.1, 0.15) is 23.1 Å². The molecule has 1 atom stereocenters. The summed E-state index contributed by atoms with van der Waals surface area (Å²) >= 11 is 3.53. The molecular weight excluding hydrogens is 957 g/mol. The van der Waals surface area contributed by atoms with Crippen molar-refractivity contribution in [2.75, 3.05) is 84.8 Å². The minimum absolute atomic E-state index is 0.122. The third-order valence-electron chi connectivity index (χ3n) is 12.4. The number of hydrogen-bond acceptors (Lipinski definition) is 16. The van der Waals surface area contributed by atoms with Crippen LogP contribution in [0.25, 0.3) is 22.2 Å². The van der Waals surface area contributed by atoms with E-state index in [1.54, 1.807) is 30.1 Å². The molecule has 3 saturated heterocycles. The van der Waals surface area contributed by atoms with Gasteiger partial charge in [0.05, 0.1) is 53.2 Å². The van der Waals surface area contributed by atoms with E-state index in [9.17, 15) is 22.8 Å². The van der Waals surface area contributed by atoms with Crippen molar-refractivity contribution >= 4 is 94.9 Å². The second-order valence-electron chi connectivity index (χ2n) is 17.1. The maximum Gasteiger partial charge on any atom is 0.249 e. The number of anilines is 7. The molecule has 9 rings (SSSR count). The number of nitrogens with zero attached hydrogens (tertiary/aromatic N) is 9. The molecule has 68 heavy (non-hydrogen) atoms. The molecule has 3 aliphatic rings. The molecule has 354 valence electrons. The molecule has 0 saturated carbocycles. The fraction of sp³-hybridized carbons (Fsp3) is 0.348. The van der Waals surface area contributed by atoms with Crippen LogP contribution in [0.5, 0.6) is 5.75 Å². The number of aryl methyl sites for hydroxylation is 1. The lowest BCUT2D eigenvalue weighted by Gasteiger charge is -2.39. The fourth-order valence-electron chi connectivity index (χ4n) is 8.88. The van der Waals surface area contributed by atoms with Gasteiger partial charge in [-0.1, -0.05) is 12.1 Å². The fourth-order valence-corrected chi connectivity index (χ4v) is 9.75. The van der Waals surface area contributed by atoms with E-state index in [0.29, 0.717) is 89.9 Å². The Morgan fingerprint density at radius 3 is 2.38 bits per heavy atom. The van der Waals surface area contributed by atoms with Crippen LogP contribution in [0, 0.1) is 0 Å². The van der Waals surface area contributed by atoms with E-state index in [2.05, 4.69) is 83.9 Å². The Kier molecular flexibility index (Phi) is 13.4. The SMILES string of the molecule is COc1cc(N2CCN(C(=O)CN3CCC(c4ccc(NC5CCC(=O)NC5=O)cc4)CC3)CC2)c(-c2cnn(C)c2)cc1Nc1ncc(Br)c(Nc2ccc3nccnc3c2NS(C)(=O)=O)n1. The van der Waals surface area contributed by atoms with Crippen molar-refractivity contribution < 1.29 is 27.5 Å². The number of sulfonamides is 1. The summed E-state index contributed by atoms with van der Waals surface area (Å²) in [5.74, 6) is 1.13. The van der Waals surface area contributed by atoms with Gasteiger partial charge in [-0.15, -0.1) is 0 Å². The lowest BCUT2D eigenvalue weighted by Crippen LogP contribution is -2.52. The molecule has 0 radical (unpaired) electrons. The summed E-state index contributed by atoms with van der Waals surface area (Å²) in [7, 11) is -0.220. The van der Waals surface area contributed by atoms with E-state index < -0.39 is 16.1 Å². The van der Waals surface area contributed by atoms with Crippen LogP contribution in [0.1, 0.15) is 37.2 Å². The number of likely N-dealkylation sites (tertiary alicyclic amines) is 1. The number of benzene rings is 3. The van der Waals surface area contributed by atoms with Crippen LogP contribution in [-0.4, -0.2) is 131 Å². The number of fused-ring (bicyclic) bond motifs is 1. The number of piperazine rings is 1. The molecule has 20 nitrogen and oxygen atoms in total. The molecule has 3 fully saturated rings. The highest BCUT2D eigenvalue weighted by Crippen LogP contribution is 2.41. The minimum Gasteiger partial charge on any atom is -0.494 e. The number of methoxy groups -OCH3 is 1. The molecule has 6 heterocycles. The molecule has 3 aromatic carbocycles. The number of carbonyl (C=O) groups excluding carboxylic acids is 3. The van der Waals surface area contributed by atoms with Crippen LogP contribution in [0.3, 0.4) is 0 Å². The first-order valence-electron chi connectivity index (χ1n) is 22.2. The van der Waals surface area contributed by atoms with Gasteiger partial charge < -0.3 is 30.5 Å². The van der Waals surface area contributed by atoms with Gasteiger partial charge in [-0.2, -0.15) is 10.1 Å². The predicted octanol–water partition coefficient (Wildman–Crippen LogP) is 5.20. The molecule has 1 unspecified atom stereocenters. The zero-order chi connectivity index (χ0) is 47.5. The molecule has 3 aliphatic heterocycles. The van der Waals surface area contributed by atoms with Gasteiger partial charge in [-0.25, -0.2) is 13.4 Å². The first-order chi connectivity index (χ1) is 32.8. The predicted molar refractivity (Wildman–Crippen MR) is 263 cm³/mol. The van der Waals surface area contributed by atoms with Crippen molar-refractivity contribution in [3.05, 3.63) is 89.6 Å². The average Bonchev–Trinajstić information content (AvgIpc) is 3.77. The van der Waals surface area contributed by atoms with Crippen LogP contribution in [0.15, 0.2) is 84.0 Å². The van der Waals surface area contributed by atoms with E-state index in [1.807, 2.05) is 48.6 Å². The first kappa shape index (κ1) is 46.2. The highest BCUT2D eigenvalue weighted by atomic mass is 79.9. The highest BCUT2D eigenvalue weighted by Gasteiger charge is 2.29. The molecular formula is C46H51BrN14O6S. The summed E-state index contributed by atoms with van der Waals surface area (Å²) in [6.07, 6.45) is 12.1. The van der Waals surface area contributed by atoms with Gasteiger partial charge in [0.25, 0.3) is 0 Å². The second kappa shape index (κ2) is 19.7. The first-order valence-corrected chi connectivity index (χ1v) is 24.9. The topological polar surface area (TPSA) is 234 Å². The number of ether oxygens (including phenoxy) is 1. The molecule has 5 N–H and O–H groups in total. The van der Waals surface area contributed by atoms with Crippen LogP contribution in [0.4, 0.5) is 40.2 Å². The van der Waals surface area contributed by atoms with Gasteiger partial charge in [0.2, 0.25) is 33.7 Å². The molecule has 6 aromatic rings. The molecule has 0 aliphatic carbocycles. The van der Waals surface area contributed by atoms with Crippen molar-refractivity contribution in [3.63, 3.8) is 0 Å². The molecule has 0 bridgehead atoms. The van der Waals surface area contributed by atoms with Crippen molar-refractivity contribution in [1.82, 2.24) is 44.8 Å². The zero-order valence-electron chi connectivity index (χ0n) is 37.7. The Bertz CT molecular complexity index is 2980. The third-order valence-corrected chi connectivity index (χ3v) is 13.5. The Balaban J connectivity index is 0.845. The maximum absolute atomic E-state index is 13.7. The summed E-state index contributed by atoms with van der Waals surface area (Å²) in [6, 6.07) is 15.2. The lowest BCUT2D eigenvalue weighted by molar-refractivity contribution is -0.134. The largest absolute Gasteiger partial charge is 0.494 e. The number of nitrogens with one attached hydrogen (secondary N) is 5. The van der Waals surface area contributed by atoms with Crippen molar-refractivity contribution in [1.29, 1.82) is 0 Å². The zero-order valence-corrected chi connectivity index (χ0v) is 40.1. The van der Waals surface area contributed by atoms with Crippen molar-refractivity contribution in [2.45, 2.75) is 37.6 Å². The number of halogens is 1. The van der Waals surface area contributed by atoms with Gasteiger partial charge in [0.15, 0.2) is 0 Å².